The summed E-state index contributed by atoms with van der Waals surface area (Å²) in [6.07, 6.45) is 3.89. The molecule has 1 heterocycles. The van der Waals surface area contributed by atoms with E-state index in [9.17, 15) is 9.59 Å². The van der Waals surface area contributed by atoms with E-state index in [-0.39, 0.29) is 21.8 Å². The van der Waals surface area contributed by atoms with Crippen LogP contribution in [0, 0.1) is 0 Å². The van der Waals surface area contributed by atoms with Gasteiger partial charge in [-0.05, 0) is 24.1 Å². The predicted octanol–water partition coefficient (Wildman–Crippen LogP) is 0.736. The van der Waals surface area contributed by atoms with E-state index in [2.05, 4.69) is 9.97 Å². The summed E-state index contributed by atoms with van der Waals surface area (Å²) in [6.45, 7) is 1.89. The molecule has 0 saturated carbocycles. The first-order chi connectivity index (χ1) is 9.11. The standard InChI is InChI=1S/C14H13ClN2O2/c1-2-5-11-13(18)17-12(14(19)16-11)8-9-6-3-4-7-10(9)15/h3-8H,2H2,1H3,(H,16,19)(H,17,18)/b11-5+,12-8-. The Morgan fingerprint density at radius 3 is 2.42 bits per heavy atom. The third-order valence-corrected chi connectivity index (χ3v) is 2.94. The van der Waals surface area contributed by atoms with Crippen LogP contribution < -0.4 is 21.8 Å². The molecule has 0 fully saturated rings. The molecule has 2 rings (SSSR count). The van der Waals surface area contributed by atoms with Crippen LogP contribution in [0.4, 0.5) is 0 Å². The number of rotatable bonds is 2. The molecule has 1 aromatic heterocycles. The van der Waals surface area contributed by atoms with Crippen LogP contribution in [-0.4, -0.2) is 9.97 Å². The van der Waals surface area contributed by atoms with E-state index in [0.29, 0.717) is 17.0 Å². The highest BCUT2D eigenvalue weighted by atomic mass is 35.5. The zero-order valence-electron chi connectivity index (χ0n) is 10.4. The summed E-state index contributed by atoms with van der Waals surface area (Å²) in [5, 5.41) is 0.988. The molecule has 0 aliphatic rings. The number of hydrogen-bond acceptors (Lipinski definition) is 2. The van der Waals surface area contributed by atoms with E-state index in [0.717, 1.165) is 0 Å². The minimum atomic E-state index is -0.348. The predicted molar refractivity (Wildman–Crippen MR) is 76.7 cm³/mol. The molecule has 2 N–H and O–H groups in total. The van der Waals surface area contributed by atoms with Crippen molar-refractivity contribution < 1.29 is 0 Å². The van der Waals surface area contributed by atoms with Gasteiger partial charge in [-0.3, -0.25) is 9.59 Å². The summed E-state index contributed by atoms with van der Waals surface area (Å²) in [6, 6.07) is 7.10. The van der Waals surface area contributed by atoms with Crippen LogP contribution in [0.1, 0.15) is 18.9 Å². The second-order valence-electron chi connectivity index (χ2n) is 4.01. The third-order valence-electron chi connectivity index (χ3n) is 2.60. The van der Waals surface area contributed by atoms with Gasteiger partial charge in [-0.15, -0.1) is 0 Å². The van der Waals surface area contributed by atoms with Gasteiger partial charge in [-0.2, -0.15) is 0 Å². The number of benzene rings is 1. The van der Waals surface area contributed by atoms with Gasteiger partial charge in [-0.1, -0.05) is 42.8 Å². The third kappa shape index (κ3) is 3.03. The number of H-pyrrole nitrogens is 2. The highest BCUT2D eigenvalue weighted by Gasteiger charge is 1.98. The Kier molecular flexibility index (Phi) is 4.02. The van der Waals surface area contributed by atoms with Crippen molar-refractivity contribution in [2.75, 3.05) is 0 Å². The zero-order chi connectivity index (χ0) is 13.8. The molecule has 4 nitrogen and oxygen atoms in total. The molecule has 0 aliphatic carbocycles. The van der Waals surface area contributed by atoms with E-state index < -0.39 is 0 Å². The van der Waals surface area contributed by atoms with Crippen molar-refractivity contribution in [2.24, 2.45) is 0 Å². The lowest BCUT2D eigenvalue weighted by Gasteiger charge is -1.96. The smallest absolute Gasteiger partial charge is 0.272 e. The molecule has 0 amide bonds. The first-order valence-corrected chi connectivity index (χ1v) is 6.28. The second kappa shape index (κ2) is 5.71. The summed E-state index contributed by atoms with van der Waals surface area (Å²) in [4.78, 5) is 28.7. The highest BCUT2D eigenvalue weighted by Crippen LogP contribution is 2.14. The summed E-state index contributed by atoms with van der Waals surface area (Å²) in [7, 11) is 0. The molecular weight excluding hydrogens is 264 g/mol. The summed E-state index contributed by atoms with van der Waals surface area (Å²) < 4.78 is 0. The fourth-order valence-corrected chi connectivity index (χ4v) is 1.88. The van der Waals surface area contributed by atoms with E-state index in [4.69, 9.17) is 11.6 Å². The second-order valence-corrected chi connectivity index (χ2v) is 4.42. The summed E-state index contributed by atoms with van der Waals surface area (Å²) >= 11 is 6.01. The molecule has 98 valence electrons. The van der Waals surface area contributed by atoms with E-state index in [1.807, 2.05) is 13.0 Å². The van der Waals surface area contributed by atoms with Gasteiger partial charge in [0.15, 0.2) is 0 Å². The normalized spacial score (nSPS) is 12.9. The van der Waals surface area contributed by atoms with Gasteiger partial charge < -0.3 is 9.97 Å². The van der Waals surface area contributed by atoms with Crippen molar-refractivity contribution >= 4 is 23.8 Å². The van der Waals surface area contributed by atoms with Gasteiger partial charge in [0, 0.05) is 5.02 Å². The molecule has 0 spiro atoms. The molecule has 2 aromatic rings. The van der Waals surface area contributed by atoms with E-state index in [1.54, 1.807) is 30.4 Å². The molecule has 0 unspecified atom stereocenters. The Bertz CT molecular complexity index is 818. The first-order valence-electron chi connectivity index (χ1n) is 5.91. The Morgan fingerprint density at radius 2 is 1.74 bits per heavy atom. The van der Waals surface area contributed by atoms with Gasteiger partial charge >= 0.3 is 0 Å². The Morgan fingerprint density at radius 1 is 1.11 bits per heavy atom. The Hall–Kier alpha value is -2.07. The minimum absolute atomic E-state index is 0.186. The largest absolute Gasteiger partial charge is 0.316 e. The van der Waals surface area contributed by atoms with E-state index in [1.165, 1.54) is 0 Å². The van der Waals surface area contributed by atoms with Crippen LogP contribution in [0.15, 0.2) is 33.9 Å². The topological polar surface area (TPSA) is 65.7 Å². The molecular formula is C14H13ClN2O2. The number of halogens is 1. The monoisotopic (exact) mass is 276 g/mol. The molecule has 1 aromatic carbocycles. The highest BCUT2D eigenvalue weighted by molar-refractivity contribution is 6.32. The number of nitrogens with one attached hydrogen (secondary N) is 2. The lowest BCUT2D eigenvalue weighted by molar-refractivity contribution is 0.995. The quantitative estimate of drug-likeness (QED) is 0.849. The number of aromatic amines is 2. The Balaban J connectivity index is 2.69. The van der Waals surface area contributed by atoms with Crippen molar-refractivity contribution in [3.8, 4) is 0 Å². The maximum atomic E-state index is 11.9. The molecule has 19 heavy (non-hydrogen) atoms. The zero-order valence-corrected chi connectivity index (χ0v) is 11.1. The van der Waals surface area contributed by atoms with Gasteiger partial charge in [-0.25, -0.2) is 0 Å². The van der Waals surface area contributed by atoms with Crippen LogP contribution in [0.5, 0.6) is 0 Å². The molecule has 0 aliphatic heterocycles. The average Bonchev–Trinajstić information content (AvgIpc) is 2.38. The maximum absolute atomic E-state index is 11.9. The van der Waals surface area contributed by atoms with Crippen LogP contribution in [0.2, 0.25) is 5.02 Å². The van der Waals surface area contributed by atoms with Crippen molar-refractivity contribution in [2.45, 2.75) is 13.3 Å². The average molecular weight is 277 g/mol. The van der Waals surface area contributed by atoms with Gasteiger partial charge in [0.25, 0.3) is 11.1 Å². The SMILES string of the molecule is CC/C=c1/[nH]c(=O)/c(=C/c2ccccc2Cl)[nH]c1=O. The van der Waals surface area contributed by atoms with Crippen molar-refractivity contribution in [1.29, 1.82) is 0 Å². The number of hydrogen-bond donors (Lipinski definition) is 2. The van der Waals surface area contributed by atoms with Gasteiger partial charge in [0.05, 0.1) is 0 Å². The van der Waals surface area contributed by atoms with Crippen molar-refractivity contribution in [3.05, 3.63) is 66.3 Å². The lowest BCUT2D eigenvalue weighted by Crippen LogP contribution is -2.46. The van der Waals surface area contributed by atoms with Crippen LogP contribution in [0.25, 0.3) is 12.2 Å². The molecule has 0 radical (unpaired) electrons. The Labute approximate surface area is 114 Å². The first kappa shape index (κ1) is 13.4. The van der Waals surface area contributed by atoms with E-state index >= 15 is 0 Å². The van der Waals surface area contributed by atoms with Crippen LogP contribution >= 0.6 is 11.6 Å². The summed E-state index contributed by atoms with van der Waals surface area (Å²) in [5.41, 5.74) is 0.0107. The lowest BCUT2D eigenvalue weighted by atomic mass is 10.2. The fraction of sp³-hybridized carbons (Fsp3) is 0.143. The summed E-state index contributed by atoms with van der Waals surface area (Å²) in [5.74, 6) is 0. The van der Waals surface area contributed by atoms with Crippen LogP contribution in [-0.2, 0) is 0 Å². The molecule has 5 heteroatoms. The van der Waals surface area contributed by atoms with Crippen molar-refractivity contribution in [3.63, 3.8) is 0 Å². The van der Waals surface area contributed by atoms with Gasteiger partial charge in [0.2, 0.25) is 0 Å². The minimum Gasteiger partial charge on any atom is -0.316 e. The van der Waals surface area contributed by atoms with Gasteiger partial charge in [0.1, 0.15) is 10.7 Å². The fourth-order valence-electron chi connectivity index (χ4n) is 1.69. The number of aromatic nitrogens is 2. The molecule has 0 saturated heterocycles. The van der Waals surface area contributed by atoms with Crippen LogP contribution in [0.3, 0.4) is 0 Å². The molecule has 0 bridgehead atoms. The molecule has 0 atom stereocenters. The van der Waals surface area contributed by atoms with Crippen molar-refractivity contribution in [1.82, 2.24) is 9.97 Å². The maximum Gasteiger partial charge on any atom is 0.272 e.